The SMILES string of the molecule is NCC(=O)c1cnc(CC2(c3cccc(Cl)c3Cl)CCC2)nc1.O=C(CNC(=O)C(F)(F)F)c1cnc(CC2(c3cccc(Cl)c3Cl)CCC2)nc1. The van der Waals surface area contributed by atoms with Gasteiger partial charge in [-0.3, -0.25) is 14.4 Å². The first-order valence-electron chi connectivity index (χ1n) is 16.3. The van der Waals surface area contributed by atoms with Crippen molar-refractivity contribution in [1.82, 2.24) is 25.3 Å². The van der Waals surface area contributed by atoms with Crippen molar-refractivity contribution in [3.63, 3.8) is 0 Å². The summed E-state index contributed by atoms with van der Waals surface area (Å²) in [7, 11) is 0. The van der Waals surface area contributed by atoms with E-state index in [-0.39, 0.29) is 28.7 Å². The quantitative estimate of drug-likeness (QED) is 0.146. The van der Waals surface area contributed by atoms with Crippen molar-refractivity contribution in [3.8, 4) is 0 Å². The molecule has 2 saturated carbocycles. The number of Topliss-reactive ketones (excluding diaryl/α,β-unsaturated/α-hetero) is 2. The van der Waals surface area contributed by atoms with E-state index in [1.54, 1.807) is 24.5 Å². The summed E-state index contributed by atoms with van der Waals surface area (Å²) in [5.74, 6) is -1.86. The summed E-state index contributed by atoms with van der Waals surface area (Å²) in [6.07, 6.45) is 7.72. The summed E-state index contributed by atoms with van der Waals surface area (Å²) < 4.78 is 36.5. The number of hydrogen-bond donors (Lipinski definition) is 2. The molecule has 2 aliphatic carbocycles. The third kappa shape index (κ3) is 8.91. The number of halogens is 7. The first kappa shape index (κ1) is 39.5. The average Bonchev–Trinajstić information content (AvgIpc) is 3.09. The third-order valence-electron chi connectivity index (χ3n) is 9.57. The first-order chi connectivity index (χ1) is 24.7. The summed E-state index contributed by atoms with van der Waals surface area (Å²) in [6.45, 7) is -0.826. The Morgan fingerprint density at radius 1 is 0.692 bits per heavy atom. The smallest absolute Gasteiger partial charge is 0.341 e. The molecule has 2 fully saturated rings. The summed E-state index contributed by atoms with van der Waals surface area (Å²) in [5, 5.41) is 3.68. The van der Waals surface area contributed by atoms with Gasteiger partial charge >= 0.3 is 12.1 Å². The van der Waals surface area contributed by atoms with E-state index >= 15 is 0 Å². The van der Waals surface area contributed by atoms with Gasteiger partial charge in [0.25, 0.3) is 0 Å². The second-order valence-electron chi connectivity index (χ2n) is 12.8. The Bertz CT molecular complexity index is 1940. The third-order valence-corrected chi connectivity index (χ3v) is 11.2. The number of nitrogens with zero attached hydrogens (tertiary/aromatic N) is 4. The molecule has 0 spiro atoms. The lowest BCUT2D eigenvalue weighted by Gasteiger charge is -2.42. The second-order valence-corrected chi connectivity index (χ2v) is 14.4. The number of aromatic nitrogens is 4. The minimum Gasteiger partial charge on any atom is -0.341 e. The molecule has 52 heavy (non-hydrogen) atoms. The van der Waals surface area contributed by atoms with Gasteiger partial charge in [0.05, 0.1) is 44.3 Å². The van der Waals surface area contributed by atoms with Gasteiger partial charge in [-0.25, -0.2) is 19.9 Å². The summed E-state index contributed by atoms with van der Waals surface area (Å²) >= 11 is 25.1. The predicted molar refractivity (Wildman–Crippen MR) is 192 cm³/mol. The zero-order chi connectivity index (χ0) is 37.7. The zero-order valence-electron chi connectivity index (χ0n) is 27.6. The molecule has 4 aromatic rings. The molecule has 2 heterocycles. The van der Waals surface area contributed by atoms with Gasteiger partial charge in [-0.15, -0.1) is 0 Å². The number of carbonyl (C=O) groups is 3. The Balaban J connectivity index is 0.000000206. The molecular formula is C36H33Cl4F3N6O3. The van der Waals surface area contributed by atoms with Crippen molar-refractivity contribution in [3.05, 3.63) is 115 Å². The molecule has 16 heteroatoms. The monoisotopic (exact) mass is 794 g/mol. The van der Waals surface area contributed by atoms with E-state index in [4.69, 9.17) is 52.1 Å². The second kappa shape index (κ2) is 16.6. The number of benzene rings is 2. The molecule has 3 N–H and O–H groups in total. The van der Waals surface area contributed by atoms with Crippen LogP contribution >= 0.6 is 46.4 Å². The van der Waals surface area contributed by atoms with Crippen molar-refractivity contribution in [2.24, 2.45) is 5.73 Å². The van der Waals surface area contributed by atoms with E-state index < -0.39 is 24.4 Å². The fourth-order valence-corrected chi connectivity index (χ4v) is 7.38. The van der Waals surface area contributed by atoms with Crippen LogP contribution < -0.4 is 11.1 Å². The van der Waals surface area contributed by atoms with Gasteiger partial charge in [0, 0.05) is 48.5 Å². The summed E-state index contributed by atoms with van der Waals surface area (Å²) in [6, 6.07) is 11.2. The lowest BCUT2D eigenvalue weighted by Crippen LogP contribution is -2.39. The van der Waals surface area contributed by atoms with Crippen molar-refractivity contribution >= 4 is 63.9 Å². The van der Waals surface area contributed by atoms with E-state index in [9.17, 15) is 27.6 Å². The molecule has 6 rings (SSSR count). The van der Waals surface area contributed by atoms with Crippen LogP contribution in [0.5, 0.6) is 0 Å². The van der Waals surface area contributed by atoms with Crippen LogP contribution in [0.25, 0.3) is 0 Å². The van der Waals surface area contributed by atoms with Gasteiger partial charge < -0.3 is 11.1 Å². The number of ketones is 2. The number of nitrogens with one attached hydrogen (secondary N) is 1. The van der Waals surface area contributed by atoms with Crippen LogP contribution in [0, 0.1) is 0 Å². The van der Waals surface area contributed by atoms with Crippen LogP contribution in [0.1, 0.15) is 82.0 Å². The van der Waals surface area contributed by atoms with Crippen molar-refractivity contribution in [2.75, 3.05) is 13.1 Å². The standard InChI is InChI=1S/C19H16Cl2F3N3O2.C17H17Cl2N3O/c20-13-4-1-3-12(16(13)21)18(5-2-6-18)7-15-25-8-11(9-26-15)14(28)10-27-17(29)19(22,23)24;18-13-4-1-3-12(16(13)19)17(5-2-6-17)7-15-21-9-11(10-22-15)14(23)8-20/h1,3-4,8-9H,2,5-7,10H2,(H,27,29);1,3-4,9-10H,2,5-8,20H2. The summed E-state index contributed by atoms with van der Waals surface area (Å²) in [4.78, 5) is 51.3. The Morgan fingerprint density at radius 3 is 1.44 bits per heavy atom. The molecule has 0 bridgehead atoms. The number of nitrogens with two attached hydrogens (primary N) is 1. The molecule has 2 aromatic heterocycles. The van der Waals surface area contributed by atoms with Crippen molar-refractivity contribution < 1.29 is 27.6 Å². The van der Waals surface area contributed by atoms with E-state index in [2.05, 4.69) is 19.9 Å². The van der Waals surface area contributed by atoms with Crippen molar-refractivity contribution in [1.29, 1.82) is 0 Å². The Kier molecular flexibility index (Phi) is 12.6. The molecule has 274 valence electrons. The molecule has 9 nitrogen and oxygen atoms in total. The normalized spacial score (nSPS) is 15.7. The summed E-state index contributed by atoms with van der Waals surface area (Å²) in [5.41, 5.74) is 7.48. The van der Waals surface area contributed by atoms with Gasteiger partial charge in [-0.2, -0.15) is 13.2 Å². The highest BCUT2D eigenvalue weighted by atomic mass is 35.5. The van der Waals surface area contributed by atoms with Crippen LogP contribution in [0.2, 0.25) is 20.1 Å². The van der Waals surface area contributed by atoms with Crippen LogP contribution in [-0.4, -0.2) is 56.7 Å². The number of carbonyl (C=O) groups excluding carboxylic acids is 3. The zero-order valence-corrected chi connectivity index (χ0v) is 30.6. The molecule has 0 radical (unpaired) electrons. The van der Waals surface area contributed by atoms with Gasteiger partial charge in [0.15, 0.2) is 11.6 Å². The fraction of sp³-hybridized carbons (Fsp3) is 0.361. The van der Waals surface area contributed by atoms with Gasteiger partial charge in [-0.1, -0.05) is 83.5 Å². The van der Waals surface area contributed by atoms with E-state index in [1.165, 1.54) is 17.7 Å². The number of alkyl halides is 3. The van der Waals surface area contributed by atoms with E-state index in [1.807, 2.05) is 24.3 Å². The highest BCUT2D eigenvalue weighted by Gasteiger charge is 2.42. The van der Waals surface area contributed by atoms with E-state index in [0.29, 0.717) is 50.1 Å². The predicted octanol–water partition coefficient (Wildman–Crippen LogP) is 7.90. The molecule has 2 aromatic carbocycles. The van der Waals surface area contributed by atoms with Crippen LogP contribution in [0.15, 0.2) is 61.2 Å². The molecule has 2 aliphatic rings. The van der Waals surface area contributed by atoms with Crippen LogP contribution in [-0.2, 0) is 28.5 Å². The Hall–Kier alpha value is -3.68. The first-order valence-corrected chi connectivity index (χ1v) is 17.8. The van der Waals surface area contributed by atoms with Gasteiger partial charge in [0.1, 0.15) is 11.6 Å². The largest absolute Gasteiger partial charge is 0.471 e. The van der Waals surface area contributed by atoms with Crippen LogP contribution in [0.4, 0.5) is 13.2 Å². The number of hydrogen-bond acceptors (Lipinski definition) is 8. The molecule has 0 saturated heterocycles. The fourth-order valence-electron chi connectivity index (χ4n) is 6.38. The van der Waals surface area contributed by atoms with Gasteiger partial charge in [-0.05, 0) is 48.9 Å². The van der Waals surface area contributed by atoms with E-state index in [0.717, 1.165) is 49.7 Å². The van der Waals surface area contributed by atoms with Crippen molar-refractivity contribution in [2.45, 2.75) is 68.4 Å². The maximum absolute atomic E-state index is 12.2. The topological polar surface area (TPSA) is 141 Å². The lowest BCUT2D eigenvalue weighted by atomic mass is 9.62. The highest BCUT2D eigenvalue weighted by Crippen LogP contribution is 2.50. The average molecular weight is 797 g/mol. The molecule has 0 unspecified atom stereocenters. The number of amides is 1. The number of rotatable bonds is 11. The Morgan fingerprint density at radius 2 is 1.10 bits per heavy atom. The maximum atomic E-state index is 12.2. The Labute approximate surface area is 317 Å². The molecule has 0 aliphatic heterocycles. The molecular weight excluding hydrogens is 763 g/mol. The minimum absolute atomic E-state index is 0.0136. The van der Waals surface area contributed by atoms with Crippen LogP contribution in [0.3, 0.4) is 0 Å². The minimum atomic E-state index is -5.04. The maximum Gasteiger partial charge on any atom is 0.471 e. The highest BCUT2D eigenvalue weighted by molar-refractivity contribution is 6.43. The van der Waals surface area contributed by atoms with Gasteiger partial charge in [0.2, 0.25) is 0 Å². The lowest BCUT2D eigenvalue weighted by molar-refractivity contribution is -0.173. The molecule has 1 amide bonds. The molecule has 0 atom stereocenters.